The van der Waals surface area contributed by atoms with E-state index >= 15 is 0 Å². The maximum atomic E-state index is 12.5. The van der Waals surface area contributed by atoms with Crippen LogP contribution in [-0.4, -0.2) is 22.5 Å². The molecule has 3 aromatic carbocycles. The van der Waals surface area contributed by atoms with Crippen molar-refractivity contribution in [3.05, 3.63) is 101 Å². The molecule has 0 spiro atoms. The number of fused-ring (bicyclic) bond motifs is 1. The van der Waals surface area contributed by atoms with Gasteiger partial charge in [-0.1, -0.05) is 60.1 Å². The highest BCUT2D eigenvalue weighted by Crippen LogP contribution is 2.34. The van der Waals surface area contributed by atoms with E-state index in [0.29, 0.717) is 11.6 Å². The number of aromatic hydroxyl groups is 1. The number of carbonyl (C=O) groups is 1. The molecule has 0 bridgehead atoms. The van der Waals surface area contributed by atoms with Crippen molar-refractivity contribution in [3.63, 3.8) is 0 Å². The second kappa shape index (κ2) is 8.41. The van der Waals surface area contributed by atoms with E-state index in [2.05, 4.69) is 16.4 Å². The predicted octanol–water partition coefficient (Wildman–Crippen LogP) is 5.02. The molecule has 1 atom stereocenters. The number of aromatic nitrogens is 1. The lowest BCUT2D eigenvalue weighted by molar-refractivity contribution is -0.120. The van der Waals surface area contributed by atoms with Gasteiger partial charge in [0.2, 0.25) is 5.91 Å². The lowest BCUT2D eigenvalue weighted by Gasteiger charge is -2.19. The van der Waals surface area contributed by atoms with Gasteiger partial charge in [0.05, 0.1) is 6.42 Å². The lowest BCUT2D eigenvalue weighted by Crippen LogP contribution is -2.30. The third kappa shape index (κ3) is 4.28. The zero-order valence-corrected chi connectivity index (χ0v) is 16.5. The van der Waals surface area contributed by atoms with Crippen molar-refractivity contribution in [2.24, 2.45) is 0 Å². The number of H-pyrrole nitrogens is 1. The van der Waals surface area contributed by atoms with Gasteiger partial charge in [-0.15, -0.1) is 0 Å². The molecule has 1 heterocycles. The van der Waals surface area contributed by atoms with Crippen molar-refractivity contribution in [2.45, 2.75) is 12.3 Å². The quantitative estimate of drug-likeness (QED) is 0.422. The van der Waals surface area contributed by atoms with Crippen LogP contribution < -0.4 is 5.32 Å². The molecule has 0 saturated heterocycles. The van der Waals surface area contributed by atoms with Gasteiger partial charge >= 0.3 is 0 Å². The Labute approximate surface area is 174 Å². The number of hydrogen-bond donors (Lipinski definition) is 3. The Balaban J connectivity index is 1.58. The van der Waals surface area contributed by atoms with Gasteiger partial charge in [0.25, 0.3) is 0 Å². The number of phenolic OH excluding ortho intramolecular Hbond substituents is 1. The first-order valence-corrected chi connectivity index (χ1v) is 9.84. The maximum absolute atomic E-state index is 12.5. The smallest absolute Gasteiger partial charge is 0.224 e. The van der Waals surface area contributed by atoms with Crippen LogP contribution in [0.1, 0.15) is 22.6 Å². The molecule has 1 amide bonds. The Morgan fingerprint density at radius 2 is 1.69 bits per heavy atom. The minimum atomic E-state index is -0.0800. The highest BCUT2D eigenvalue weighted by molar-refractivity contribution is 6.31. The standard InChI is InChI=1S/C24H21ClN2O2/c25-22-7-3-1-5-18(22)20(21-14-26-23-8-4-2-6-19(21)23)15-27-24(29)13-16-9-11-17(28)12-10-16/h1-12,14,20,26,28H,13,15H2,(H,27,29). The molecule has 0 fully saturated rings. The first kappa shape index (κ1) is 19.1. The van der Waals surface area contributed by atoms with Gasteiger partial charge in [0, 0.05) is 34.6 Å². The fourth-order valence-electron chi connectivity index (χ4n) is 3.60. The summed E-state index contributed by atoms with van der Waals surface area (Å²) in [5.74, 6) is 0.0310. The number of para-hydroxylation sites is 1. The van der Waals surface area contributed by atoms with Gasteiger partial charge in [0.15, 0.2) is 0 Å². The van der Waals surface area contributed by atoms with Crippen molar-refractivity contribution < 1.29 is 9.90 Å². The molecule has 0 saturated carbocycles. The molecular formula is C24H21ClN2O2. The summed E-state index contributed by atoms with van der Waals surface area (Å²) in [5.41, 5.74) is 3.97. The molecule has 0 aliphatic rings. The number of hydrogen-bond acceptors (Lipinski definition) is 2. The fraction of sp³-hybridized carbons (Fsp3) is 0.125. The van der Waals surface area contributed by atoms with E-state index in [4.69, 9.17) is 11.6 Å². The number of nitrogens with one attached hydrogen (secondary N) is 2. The molecule has 4 nitrogen and oxygen atoms in total. The Kier molecular flexibility index (Phi) is 5.54. The van der Waals surface area contributed by atoms with Crippen molar-refractivity contribution in [1.82, 2.24) is 10.3 Å². The van der Waals surface area contributed by atoms with Gasteiger partial charge in [-0.25, -0.2) is 0 Å². The van der Waals surface area contributed by atoms with Crippen molar-refractivity contribution in [2.75, 3.05) is 6.54 Å². The minimum Gasteiger partial charge on any atom is -0.508 e. The molecule has 29 heavy (non-hydrogen) atoms. The van der Waals surface area contributed by atoms with Gasteiger partial charge in [-0.2, -0.15) is 0 Å². The zero-order valence-electron chi connectivity index (χ0n) is 15.7. The Morgan fingerprint density at radius 3 is 2.48 bits per heavy atom. The summed E-state index contributed by atoms with van der Waals surface area (Å²) in [6.07, 6.45) is 2.24. The van der Waals surface area contributed by atoms with Crippen LogP contribution in [0.25, 0.3) is 10.9 Å². The summed E-state index contributed by atoms with van der Waals surface area (Å²) in [4.78, 5) is 15.8. The largest absolute Gasteiger partial charge is 0.508 e. The molecule has 4 aromatic rings. The van der Waals surface area contributed by atoms with E-state index in [1.54, 1.807) is 24.3 Å². The van der Waals surface area contributed by atoms with Crippen LogP contribution in [0.5, 0.6) is 5.75 Å². The van der Waals surface area contributed by atoms with Gasteiger partial charge in [-0.05, 0) is 41.0 Å². The summed E-state index contributed by atoms with van der Waals surface area (Å²) in [6.45, 7) is 0.433. The van der Waals surface area contributed by atoms with Crippen LogP contribution >= 0.6 is 11.6 Å². The van der Waals surface area contributed by atoms with Crippen molar-refractivity contribution in [1.29, 1.82) is 0 Å². The molecule has 4 rings (SSSR count). The van der Waals surface area contributed by atoms with Crippen molar-refractivity contribution in [3.8, 4) is 5.75 Å². The predicted molar refractivity (Wildman–Crippen MR) is 116 cm³/mol. The third-order valence-electron chi connectivity index (χ3n) is 5.08. The molecule has 3 N–H and O–H groups in total. The minimum absolute atomic E-state index is 0.0763. The van der Waals surface area contributed by atoms with E-state index in [1.807, 2.05) is 48.7 Å². The summed E-state index contributed by atoms with van der Waals surface area (Å²) in [5, 5.41) is 14.2. The summed E-state index contributed by atoms with van der Waals surface area (Å²) in [6, 6.07) is 22.5. The van der Waals surface area contributed by atoms with Crippen LogP contribution in [0.3, 0.4) is 0 Å². The molecular weight excluding hydrogens is 384 g/mol. The lowest BCUT2D eigenvalue weighted by atomic mass is 9.90. The SMILES string of the molecule is O=C(Cc1ccc(O)cc1)NCC(c1ccccc1Cl)c1c[nH]c2ccccc12. The van der Waals surface area contributed by atoms with E-state index in [0.717, 1.165) is 27.6 Å². The Morgan fingerprint density at radius 1 is 0.966 bits per heavy atom. The highest BCUT2D eigenvalue weighted by Gasteiger charge is 2.21. The molecule has 1 aromatic heterocycles. The van der Waals surface area contributed by atoms with Gasteiger partial charge in [0.1, 0.15) is 5.75 Å². The normalized spacial score (nSPS) is 12.0. The Hall–Kier alpha value is -3.24. The summed E-state index contributed by atoms with van der Waals surface area (Å²) in [7, 11) is 0. The average molecular weight is 405 g/mol. The fourth-order valence-corrected chi connectivity index (χ4v) is 3.87. The summed E-state index contributed by atoms with van der Waals surface area (Å²) < 4.78 is 0. The highest BCUT2D eigenvalue weighted by atomic mass is 35.5. The summed E-state index contributed by atoms with van der Waals surface area (Å²) >= 11 is 6.50. The number of rotatable bonds is 6. The first-order chi connectivity index (χ1) is 14.1. The topological polar surface area (TPSA) is 65.1 Å². The van der Waals surface area contributed by atoms with E-state index in [9.17, 15) is 9.90 Å². The second-order valence-electron chi connectivity index (χ2n) is 7.01. The van der Waals surface area contributed by atoms with E-state index < -0.39 is 0 Å². The zero-order chi connectivity index (χ0) is 20.2. The number of benzene rings is 3. The molecule has 5 heteroatoms. The van der Waals surface area contributed by atoms with Crippen LogP contribution in [0.2, 0.25) is 5.02 Å². The van der Waals surface area contributed by atoms with Crippen LogP contribution in [0, 0.1) is 0 Å². The molecule has 0 aliphatic heterocycles. The monoisotopic (exact) mass is 404 g/mol. The third-order valence-corrected chi connectivity index (χ3v) is 5.43. The molecule has 0 radical (unpaired) electrons. The van der Waals surface area contributed by atoms with Crippen LogP contribution in [-0.2, 0) is 11.2 Å². The number of aromatic amines is 1. The number of phenols is 1. The van der Waals surface area contributed by atoms with Gasteiger partial charge < -0.3 is 15.4 Å². The second-order valence-corrected chi connectivity index (χ2v) is 7.42. The van der Waals surface area contributed by atoms with E-state index in [-0.39, 0.29) is 24.0 Å². The molecule has 146 valence electrons. The molecule has 1 unspecified atom stereocenters. The van der Waals surface area contributed by atoms with E-state index in [1.165, 1.54) is 0 Å². The van der Waals surface area contributed by atoms with Crippen LogP contribution in [0.4, 0.5) is 0 Å². The Bertz CT molecular complexity index is 1140. The van der Waals surface area contributed by atoms with Crippen molar-refractivity contribution >= 4 is 28.4 Å². The number of carbonyl (C=O) groups excluding carboxylic acids is 1. The van der Waals surface area contributed by atoms with Crippen LogP contribution in [0.15, 0.2) is 79.0 Å². The first-order valence-electron chi connectivity index (χ1n) is 9.47. The maximum Gasteiger partial charge on any atom is 0.224 e. The average Bonchev–Trinajstić information content (AvgIpc) is 3.15. The number of amides is 1. The molecule has 0 aliphatic carbocycles. The number of halogens is 1. The van der Waals surface area contributed by atoms with Gasteiger partial charge in [-0.3, -0.25) is 4.79 Å².